The largest absolute Gasteiger partial charge is 0.493 e. The topological polar surface area (TPSA) is 119 Å². The second-order valence-corrected chi connectivity index (χ2v) is 12.1. The molecular weight excluding hydrogens is 629 g/mol. The highest BCUT2D eigenvalue weighted by Crippen LogP contribution is 2.32. The number of para-hydroxylation sites is 1. The lowest BCUT2D eigenvalue weighted by Gasteiger charge is -2.14. The molecule has 0 saturated heterocycles. The second-order valence-electron chi connectivity index (χ2n) is 9.29. The normalized spacial score (nSPS) is 11.0. The molecule has 0 aliphatic heterocycles. The van der Waals surface area contributed by atoms with Crippen LogP contribution in [0.4, 0.5) is 10.8 Å². The number of anilines is 2. The van der Waals surface area contributed by atoms with E-state index < -0.39 is 11.8 Å². The van der Waals surface area contributed by atoms with Crippen LogP contribution in [-0.2, 0) is 9.59 Å². The molecule has 5 rings (SSSR count). The fourth-order valence-electron chi connectivity index (χ4n) is 4.13. The molecular formula is C33H28N4O5S3. The van der Waals surface area contributed by atoms with E-state index in [2.05, 4.69) is 20.9 Å². The molecule has 12 heteroatoms. The number of hydrogen-bond acceptors (Lipinski definition) is 9. The molecule has 0 aliphatic rings. The molecule has 0 atom stereocenters. The van der Waals surface area contributed by atoms with Crippen molar-refractivity contribution in [3.63, 3.8) is 0 Å². The van der Waals surface area contributed by atoms with Crippen molar-refractivity contribution in [1.82, 2.24) is 10.3 Å². The summed E-state index contributed by atoms with van der Waals surface area (Å²) in [6.07, 6.45) is 1.53. The summed E-state index contributed by atoms with van der Waals surface area (Å²) in [5, 5.41) is 12.9. The number of benzene rings is 3. The van der Waals surface area contributed by atoms with Gasteiger partial charge >= 0.3 is 0 Å². The molecule has 2 aromatic heterocycles. The third-order valence-electron chi connectivity index (χ3n) is 6.27. The zero-order valence-corrected chi connectivity index (χ0v) is 26.7. The quantitative estimate of drug-likeness (QED) is 0.0975. The van der Waals surface area contributed by atoms with Gasteiger partial charge in [-0.05, 0) is 60.0 Å². The Bertz CT molecular complexity index is 1800. The van der Waals surface area contributed by atoms with Crippen molar-refractivity contribution >= 4 is 69.1 Å². The van der Waals surface area contributed by atoms with E-state index in [0.29, 0.717) is 33.4 Å². The number of rotatable bonds is 12. The first-order chi connectivity index (χ1) is 21.9. The van der Waals surface area contributed by atoms with E-state index in [-0.39, 0.29) is 17.4 Å². The Morgan fingerprint density at radius 3 is 2.38 bits per heavy atom. The van der Waals surface area contributed by atoms with E-state index >= 15 is 0 Å². The van der Waals surface area contributed by atoms with Gasteiger partial charge in [-0.25, -0.2) is 4.98 Å². The summed E-state index contributed by atoms with van der Waals surface area (Å²) < 4.78 is 10.9. The number of thioether (sulfide) groups is 1. The molecule has 0 spiro atoms. The van der Waals surface area contributed by atoms with Crippen LogP contribution < -0.4 is 25.4 Å². The highest BCUT2D eigenvalue weighted by Gasteiger charge is 2.18. The van der Waals surface area contributed by atoms with Gasteiger partial charge in [-0.3, -0.25) is 14.4 Å². The fraction of sp³-hybridized carbons (Fsp3) is 0.0909. The van der Waals surface area contributed by atoms with Crippen molar-refractivity contribution in [2.75, 3.05) is 30.6 Å². The van der Waals surface area contributed by atoms with Crippen LogP contribution in [0, 0.1) is 0 Å². The van der Waals surface area contributed by atoms with E-state index in [1.165, 1.54) is 43.4 Å². The van der Waals surface area contributed by atoms with Gasteiger partial charge in [-0.15, -0.1) is 34.4 Å². The van der Waals surface area contributed by atoms with Crippen LogP contribution in [0.3, 0.4) is 0 Å². The molecule has 0 fully saturated rings. The maximum absolute atomic E-state index is 13.5. The van der Waals surface area contributed by atoms with Gasteiger partial charge in [-0.1, -0.05) is 36.4 Å². The fourth-order valence-corrected chi connectivity index (χ4v) is 6.32. The lowest BCUT2D eigenvalue weighted by atomic mass is 10.1. The number of methoxy groups -OCH3 is 2. The van der Waals surface area contributed by atoms with E-state index in [0.717, 1.165) is 15.5 Å². The number of aromatic nitrogens is 1. The van der Waals surface area contributed by atoms with E-state index in [1.807, 2.05) is 35.0 Å². The summed E-state index contributed by atoms with van der Waals surface area (Å²) in [5.74, 6) is -0.0418. The van der Waals surface area contributed by atoms with Crippen molar-refractivity contribution in [3.05, 3.63) is 113 Å². The zero-order valence-electron chi connectivity index (χ0n) is 24.2. The number of ether oxygens (including phenoxy) is 2. The summed E-state index contributed by atoms with van der Waals surface area (Å²) in [6.45, 7) is 0. The van der Waals surface area contributed by atoms with Gasteiger partial charge in [0, 0.05) is 27.1 Å². The molecule has 0 aliphatic carbocycles. The average molecular weight is 657 g/mol. The Balaban J connectivity index is 1.24. The molecule has 228 valence electrons. The minimum atomic E-state index is -0.533. The van der Waals surface area contributed by atoms with Crippen molar-refractivity contribution in [2.24, 2.45) is 0 Å². The lowest BCUT2D eigenvalue weighted by Crippen LogP contribution is -2.30. The van der Waals surface area contributed by atoms with Gasteiger partial charge in [0.1, 0.15) is 5.70 Å². The summed E-state index contributed by atoms with van der Waals surface area (Å²) in [4.78, 5) is 45.4. The van der Waals surface area contributed by atoms with Crippen LogP contribution in [-0.4, -0.2) is 42.7 Å². The summed E-state index contributed by atoms with van der Waals surface area (Å²) in [6, 6.07) is 24.9. The molecule has 45 heavy (non-hydrogen) atoms. The van der Waals surface area contributed by atoms with E-state index in [9.17, 15) is 14.4 Å². The Morgan fingerprint density at radius 2 is 1.67 bits per heavy atom. The van der Waals surface area contributed by atoms with Crippen LogP contribution in [0.15, 0.2) is 106 Å². The number of hydrogen-bond donors (Lipinski definition) is 3. The summed E-state index contributed by atoms with van der Waals surface area (Å²) >= 11 is 4.34. The van der Waals surface area contributed by atoms with Crippen LogP contribution in [0.25, 0.3) is 16.6 Å². The molecule has 0 bridgehead atoms. The molecule has 0 radical (unpaired) electrons. The predicted molar refractivity (Wildman–Crippen MR) is 181 cm³/mol. The van der Waals surface area contributed by atoms with Crippen molar-refractivity contribution < 1.29 is 23.9 Å². The highest BCUT2D eigenvalue weighted by molar-refractivity contribution is 8.00. The van der Waals surface area contributed by atoms with E-state index in [4.69, 9.17) is 9.47 Å². The van der Waals surface area contributed by atoms with Gasteiger partial charge in [0.2, 0.25) is 5.91 Å². The highest BCUT2D eigenvalue weighted by atomic mass is 32.2. The molecule has 3 N–H and O–H groups in total. The minimum Gasteiger partial charge on any atom is -0.493 e. The smallest absolute Gasteiger partial charge is 0.272 e. The number of thiophene rings is 1. The average Bonchev–Trinajstić information content (AvgIpc) is 3.77. The SMILES string of the molecule is COc1cccc(/C=C(\NC(=O)c2ccccc2)C(=O)Nc2ccc(SCC(=O)Nc3nc(-c4cccs4)cs3)cc2)c1OC. The second kappa shape index (κ2) is 15.2. The van der Waals surface area contributed by atoms with Crippen LogP contribution >= 0.6 is 34.4 Å². The Kier molecular flexibility index (Phi) is 10.6. The van der Waals surface area contributed by atoms with Crippen LogP contribution in [0.1, 0.15) is 15.9 Å². The maximum atomic E-state index is 13.5. The molecule has 9 nitrogen and oxygen atoms in total. The van der Waals surface area contributed by atoms with Gasteiger partial charge < -0.3 is 25.4 Å². The van der Waals surface area contributed by atoms with Gasteiger partial charge in [0.15, 0.2) is 16.6 Å². The molecule has 0 saturated carbocycles. The molecule has 2 heterocycles. The minimum absolute atomic E-state index is 0.00921. The number of thiazole rings is 1. The Morgan fingerprint density at radius 1 is 0.867 bits per heavy atom. The first kappa shape index (κ1) is 31.5. The lowest BCUT2D eigenvalue weighted by molar-refractivity contribution is -0.114. The summed E-state index contributed by atoms with van der Waals surface area (Å²) in [7, 11) is 3.02. The Hall–Kier alpha value is -4.91. The van der Waals surface area contributed by atoms with Gasteiger partial charge in [0.05, 0.1) is 30.5 Å². The van der Waals surface area contributed by atoms with Crippen molar-refractivity contribution in [3.8, 4) is 22.1 Å². The molecule has 5 aromatic rings. The molecule has 0 unspecified atom stereocenters. The zero-order chi connectivity index (χ0) is 31.6. The molecule has 3 aromatic carbocycles. The molecule has 3 amide bonds. The monoisotopic (exact) mass is 656 g/mol. The van der Waals surface area contributed by atoms with Crippen molar-refractivity contribution in [1.29, 1.82) is 0 Å². The van der Waals surface area contributed by atoms with Gasteiger partial charge in [-0.2, -0.15) is 0 Å². The third kappa shape index (κ3) is 8.38. The number of amides is 3. The van der Waals surface area contributed by atoms with Crippen LogP contribution in [0.5, 0.6) is 11.5 Å². The first-order valence-corrected chi connectivity index (χ1v) is 16.3. The number of carbonyl (C=O) groups excluding carboxylic acids is 3. The number of nitrogens with zero attached hydrogens (tertiary/aromatic N) is 1. The maximum Gasteiger partial charge on any atom is 0.272 e. The number of nitrogens with one attached hydrogen (secondary N) is 3. The van der Waals surface area contributed by atoms with Crippen LogP contribution in [0.2, 0.25) is 0 Å². The summed E-state index contributed by atoms with van der Waals surface area (Å²) in [5.41, 5.74) is 2.30. The third-order valence-corrected chi connectivity index (χ3v) is 8.93. The number of carbonyl (C=O) groups is 3. The van der Waals surface area contributed by atoms with E-state index in [1.54, 1.807) is 72.0 Å². The standard InChI is InChI=1S/C33H28N4O5S3/c1-41-27-11-6-10-22(30(27)42-2)18-25(35-31(39)21-8-4-3-5-9-21)32(40)34-23-13-15-24(16-14-23)44-20-29(38)37-33-36-26(19-45-33)28-12-7-17-43-28/h3-19H,20H2,1-2H3,(H,34,40)(H,35,39)(H,36,37,38)/b25-18-. The van der Waals surface area contributed by atoms with Gasteiger partial charge in [0.25, 0.3) is 11.8 Å². The Labute approximate surface area is 272 Å². The van der Waals surface area contributed by atoms with Crippen molar-refractivity contribution in [2.45, 2.75) is 4.90 Å². The predicted octanol–water partition coefficient (Wildman–Crippen LogP) is 7.03. The first-order valence-electron chi connectivity index (χ1n) is 13.6.